The lowest BCUT2D eigenvalue weighted by atomic mass is 10.0. The minimum atomic E-state index is -0.512. The lowest BCUT2D eigenvalue weighted by Gasteiger charge is -2.16. The van der Waals surface area contributed by atoms with E-state index in [0.29, 0.717) is 22.2 Å². The van der Waals surface area contributed by atoms with Gasteiger partial charge in [-0.3, -0.25) is 9.59 Å². The van der Waals surface area contributed by atoms with Crippen LogP contribution in [0.3, 0.4) is 0 Å². The average molecular weight is 459 g/mol. The van der Waals surface area contributed by atoms with Gasteiger partial charge in [0.1, 0.15) is 5.25 Å². The first-order valence-electron chi connectivity index (χ1n) is 10.2. The molecule has 6 heteroatoms. The molecule has 160 valence electrons. The monoisotopic (exact) mass is 458 g/mol. The first kappa shape index (κ1) is 22.1. The summed E-state index contributed by atoms with van der Waals surface area (Å²) in [6, 6.07) is 28.6. The molecule has 0 spiro atoms. The largest absolute Gasteiger partial charge is 0.301 e. The van der Waals surface area contributed by atoms with Crippen molar-refractivity contribution in [2.24, 2.45) is 0 Å². The van der Waals surface area contributed by atoms with Crippen molar-refractivity contribution in [2.45, 2.75) is 28.0 Å². The van der Waals surface area contributed by atoms with Crippen molar-refractivity contribution in [3.05, 3.63) is 124 Å². The third-order valence-corrected chi connectivity index (χ3v) is 6.99. The van der Waals surface area contributed by atoms with Gasteiger partial charge in [0.25, 0.3) is 5.56 Å². The van der Waals surface area contributed by atoms with Crippen LogP contribution >= 0.6 is 23.5 Å². The van der Waals surface area contributed by atoms with E-state index in [1.54, 1.807) is 11.8 Å². The molecule has 0 saturated heterocycles. The predicted octanol–water partition coefficient (Wildman–Crippen LogP) is 6.09. The smallest absolute Gasteiger partial charge is 0.251 e. The number of aromatic amines is 1. The van der Waals surface area contributed by atoms with Gasteiger partial charge in [-0.2, -0.15) is 0 Å². The third kappa shape index (κ3) is 5.78. The molecule has 0 aliphatic carbocycles. The maximum Gasteiger partial charge on any atom is 0.251 e. The third-order valence-electron chi connectivity index (χ3n) is 4.81. The summed E-state index contributed by atoms with van der Waals surface area (Å²) in [5.74, 6) is 0.548. The Hall–Kier alpha value is -3.09. The number of benzene rings is 3. The van der Waals surface area contributed by atoms with Crippen molar-refractivity contribution >= 4 is 29.3 Å². The van der Waals surface area contributed by atoms with Crippen molar-refractivity contribution in [1.29, 1.82) is 0 Å². The zero-order chi connectivity index (χ0) is 22.3. The van der Waals surface area contributed by atoms with Gasteiger partial charge in [0, 0.05) is 22.3 Å². The van der Waals surface area contributed by atoms with Crippen LogP contribution in [0.5, 0.6) is 0 Å². The van der Waals surface area contributed by atoms with Gasteiger partial charge in [-0.1, -0.05) is 90.1 Å². The lowest BCUT2D eigenvalue weighted by Crippen LogP contribution is -2.14. The summed E-state index contributed by atoms with van der Waals surface area (Å²) < 4.78 is 0. The molecule has 1 aromatic heterocycles. The molecule has 1 heterocycles. The molecule has 0 fully saturated rings. The molecule has 1 atom stereocenters. The molecule has 0 aliphatic rings. The van der Waals surface area contributed by atoms with Crippen molar-refractivity contribution in [2.75, 3.05) is 0 Å². The molecule has 0 saturated carbocycles. The number of hydrogen-bond donors (Lipinski definition) is 1. The minimum Gasteiger partial charge on any atom is -0.301 e. The highest BCUT2D eigenvalue weighted by Gasteiger charge is 2.24. The number of ketones is 1. The molecule has 0 unspecified atom stereocenters. The van der Waals surface area contributed by atoms with E-state index in [4.69, 9.17) is 0 Å². The van der Waals surface area contributed by atoms with Crippen molar-refractivity contribution in [3.8, 4) is 0 Å². The molecular formula is C26H22N2O2S2. The van der Waals surface area contributed by atoms with Crippen LogP contribution in [0.4, 0.5) is 0 Å². The number of carbonyl (C=O) groups excluding carboxylic acids is 1. The zero-order valence-corrected chi connectivity index (χ0v) is 19.2. The Labute approximate surface area is 195 Å². The fourth-order valence-electron chi connectivity index (χ4n) is 3.17. The van der Waals surface area contributed by atoms with E-state index >= 15 is 0 Å². The number of nitrogens with one attached hydrogen (secondary N) is 1. The van der Waals surface area contributed by atoms with E-state index in [-0.39, 0.29) is 11.3 Å². The van der Waals surface area contributed by atoms with E-state index in [2.05, 4.69) is 41.2 Å². The second kappa shape index (κ2) is 10.5. The quantitative estimate of drug-likeness (QED) is 0.197. The summed E-state index contributed by atoms with van der Waals surface area (Å²) >= 11 is 2.90. The molecule has 4 rings (SSSR count). The Morgan fingerprint density at radius 1 is 0.938 bits per heavy atom. The van der Waals surface area contributed by atoms with Crippen LogP contribution in [0, 0.1) is 6.92 Å². The molecule has 4 nitrogen and oxygen atoms in total. The topological polar surface area (TPSA) is 62.8 Å². The standard InChI is InChI=1S/C26H22N2O2S2/c1-18-12-14-22(15-13-18)31-17-21-16-23(29)28-26(27-21)32-25(20-10-6-3-7-11-20)24(30)19-8-4-2-5-9-19/h2-16,25H,17H2,1H3,(H,27,28,29)/t25-/m1/s1. The number of Topliss-reactive ketones (excluding diaryl/α,β-unsaturated/α-hetero) is 1. The van der Waals surface area contributed by atoms with Gasteiger partial charge in [0.2, 0.25) is 0 Å². The summed E-state index contributed by atoms with van der Waals surface area (Å²) in [6.45, 7) is 2.05. The van der Waals surface area contributed by atoms with Gasteiger partial charge in [0.15, 0.2) is 10.9 Å². The Bertz CT molecular complexity index is 1240. The number of aromatic nitrogens is 2. The molecule has 0 radical (unpaired) electrons. The summed E-state index contributed by atoms with van der Waals surface area (Å²) in [5, 5.41) is -0.0723. The number of rotatable bonds is 8. The zero-order valence-electron chi connectivity index (χ0n) is 17.5. The molecule has 4 aromatic rings. The molecule has 0 amide bonds. The Morgan fingerprint density at radius 2 is 1.59 bits per heavy atom. The molecule has 1 N–H and O–H groups in total. The number of H-pyrrole nitrogens is 1. The van der Waals surface area contributed by atoms with Crippen molar-refractivity contribution < 1.29 is 4.79 Å². The van der Waals surface area contributed by atoms with Crippen molar-refractivity contribution in [1.82, 2.24) is 9.97 Å². The lowest BCUT2D eigenvalue weighted by molar-refractivity contribution is 0.0989. The van der Waals surface area contributed by atoms with Gasteiger partial charge < -0.3 is 4.98 Å². The normalized spacial score (nSPS) is 11.8. The Kier molecular flexibility index (Phi) is 7.24. The van der Waals surface area contributed by atoms with Gasteiger partial charge in [0.05, 0.1) is 5.69 Å². The number of thioether (sulfide) groups is 2. The molecular weight excluding hydrogens is 436 g/mol. The van der Waals surface area contributed by atoms with Crippen LogP contribution in [-0.4, -0.2) is 15.8 Å². The highest BCUT2D eigenvalue weighted by atomic mass is 32.2. The fourth-order valence-corrected chi connectivity index (χ4v) is 5.05. The summed E-state index contributed by atoms with van der Waals surface area (Å²) in [7, 11) is 0. The second-order valence-corrected chi connectivity index (χ2v) is 9.43. The minimum absolute atomic E-state index is 0.0242. The number of aryl methyl sites for hydroxylation is 1. The van der Waals surface area contributed by atoms with Gasteiger partial charge in [-0.05, 0) is 24.6 Å². The van der Waals surface area contributed by atoms with Crippen LogP contribution in [0.2, 0.25) is 0 Å². The van der Waals surface area contributed by atoms with Gasteiger partial charge in [-0.15, -0.1) is 11.8 Å². The summed E-state index contributed by atoms with van der Waals surface area (Å²) in [6.07, 6.45) is 0. The molecule has 3 aromatic carbocycles. The number of carbonyl (C=O) groups is 1. The maximum atomic E-state index is 13.3. The highest BCUT2D eigenvalue weighted by Crippen LogP contribution is 2.36. The van der Waals surface area contributed by atoms with Gasteiger partial charge in [-0.25, -0.2) is 4.98 Å². The molecule has 0 bridgehead atoms. The van der Waals surface area contributed by atoms with Crippen molar-refractivity contribution in [3.63, 3.8) is 0 Å². The Balaban J connectivity index is 1.58. The van der Waals surface area contributed by atoms with E-state index in [0.717, 1.165) is 10.5 Å². The van der Waals surface area contributed by atoms with Crippen LogP contribution in [0.1, 0.15) is 32.4 Å². The van der Waals surface area contributed by atoms with Crippen LogP contribution < -0.4 is 5.56 Å². The highest BCUT2D eigenvalue weighted by molar-refractivity contribution is 8.00. The summed E-state index contributed by atoms with van der Waals surface area (Å²) in [4.78, 5) is 34.2. The Morgan fingerprint density at radius 3 is 2.28 bits per heavy atom. The van der Waals surface area contributed by atoms with Crippen LogP contribution in [0.15, 0.2) is 106 Å². The first-order valence-corrected chi connectivity index (χ1v) is 12.1. The second-order valence-electron chi connectivity index (χ2n) is 7.28. The molecule has 32 heavy (non-hydrogen) atoms. The van der Waals surface area contributed by atoms with E-state index in [9.17, 15) is 9.59 Å². The SMILES string of the molecule is Cc1ccc(SCc2cc(=O)[nH]c(S[C@@H](C(=O)c3ccccc3)c3ccccc3)n2)cc1. The van der Waals surface area contributed by atoms with Crippen LogP contribution in [-0.2, 0) is 5.75 Å². The van der Waals surface area contributed by atoms with E-state index in [1.807, 2.05) is 60.7 Å². The fraction of sp³-hybridized carbons (Fsp3) is 0.115. The number of nitrogens with zero attached hydrogens (tertiary/aromatic N) is 1. The first-order chi connectivity index (χ1) is 15.6. The summed E-state index contributed by atoms with van der Waals surface area (Å²) in [5.41, 5.74) is 3.16. The molecule has 0 aliphatic heterocycles. The van der Waals surface area contributed by atoms with Gasteiger partial charge >= 0.3 is 0 Å². The van der Waals surface area contributed by atoms with E-state index < -0.39 is 5.25 Å². The number of hydrogen-bond acceptors (Lipinski definition) is 5. The predicted molar refractivity (Wildman–Crippen MR) is 131 cm³/mol. The van der Waals surface area contributed by atoms with Crippen LogP contribution in [0.25, 0.3) is 0 Å². The average Bonchev–Trinajstić information content (AvgIpc) is 2.82. The van der Waals surface area contributed by atoms with E-state index in [1.165, 1.54) is 23.4 Å². The maximum absolute atomic E-state index is 13.3.